The second-order valence-corrected chi connectivity index (χ2v) is 6.35. The third-order valence-electron chi connectivity index (χ3n) is 4.80. The average molecular weight is 284 g/mol. The van der Waals surface area contributed by atoms with E-state index in [9.17, 15) is 9.90 Å². The molecule has 2 rings (SSSR count). The summed E-state index contributed by atoms with van der Waals surface area (Å²) in [7, 11) is 1.73. The van der Waals surface area contributed by atoms with Crippen LogP contribution < -0.4 is 5.32 Å². The topological polar surface area (TPSA) is 61.8 Å². The van der Waals surface area contributed by atoms with Crippen molar-refractivity contribution < 1.29 is 14.6 Å². The molecule has 0 spiro atoms. The Balaban J connectivity index is 1.81. The molecule has 1 aliphatic heterocycles. The summed E-state index contributed by atoms with van der Waals surface area (Å²) in [5.74, 6) is 0. The number of hydrogen-bond donors (Lipinski definition) is 2. The van der Waals surface area contributed by atoms with Crippen molar-refractivity contribution in [2.24, 2.45) is 5.41 Å². The van der Waals surface area contributed by atoms with Crippen LogP contribution in [0.5, 0.6) is 0 Å². The Morgan fingerprint density at radius 3 is 2.80 bits per heavy atom. The number of rotatable bonds is 5. The van der Waals surface area contributed by atoms with Crippen LogP contribution in [0.2, 0.25) is 0 Å². The largest absolute Gasteiger partial charge is 0.391 e. The molecule has 5 heteroatoms. The van der Waals surface area contributed by atoms with Gasteiger partial charge in [-0.1, -0.05) is 12.8 Å². The molecule has 1 aliphatic carbocycles. The molecule has 2 fully saturated rings. The zero-order valence-electron chi connectivity index (χ0n) is 12.6. The van der Waals surface area contributed by atoms with Gasteiger partial charge in [-0.05, 0) is 37.5 Å². The molecule has 0 aromatic heterocycles. The van der Waals surface area contributed by atoms with E-state index in [-0.39, 0.29) is 17.6 Å². The molecule has 0 radical (unpaired) electrons. The summed E-state index contributed by atoms with van der Waals surface area (Å²) in [6.45, 7) is 2.73. The van der Waals surface area contributed by atoms with E-state index in [0.29, 0.717) is 6.54 Å². The molecular formula is C15H28N2O3. The molecule has 0 bridgehead atoms. The van der Waals surface area contributed by atoms with E-state index >= 15 is 0 Å². The first kappa shape index (κ1) is 15.6. The third kappa shape index (κ3) is 4.09. The van der Waals surface area contributed by atoms with E-state index in [2.05, 4.69) is 5.32 Å². The number of urea groups is 1. The molecule has 2 aliphatic rings. The number of carbonyl (C=O) groups excluding carboxylic acids is 1. The lowest BCUT2D eigenvalue weighted by Gasteiger charge is -2.33. The van der Waals surface area contributed by atoms with E-state index in [4.69, 9.17) is 4.74 Å². The number of aliphatic hydroxyl groups is 1. The molecule has 1 heterocycles. The minimum atomic E-state index is -0.358. The molecule has 1 saturated heterocycles. The number of aliphatic hydroxyl groups excluding tert-OH is 1. The monoisotopic (exact) mass is 284 g/mol. The lowest BCUT2D eigenvalue weighted by Crippen LogP contribution is -2.49. The van der Waals surface area contributed by atoms with Crippen molar-refractivity contribution in [2.75, 3.05) is 33.4 Å². The van der Waals surface area contributed by atoms with E-state index in [1.54, 1.807) is 12.0 Å². The predicted molar refractivity (Wildman–Crippen MR) is 77.6 cm³/mol. The fourth-order valence-corrected chi connectivity index (χ4v) is 3.47. The Morgan fingerprint density at radius 1 is 1.40 bits per heavy atom. The maximum absolute atomic E-state index is 12.2. The summed E-state index contributed by atoms with van der Waals surface area (Å²) in [6.07, 6.45) is 7.23. The van der Waals surface area contributed by atoms with Gasteiger partial charge in [0, 0.05) is 33.4 Å². The number of carbonyl (C=O) groups is 1. The quantitative estimate of drug-likeness (QED) is 0.808. The maximum Gasteiger partial charge on any atom is 0.317 e. The van der Waals surface area contributed by atoms with Crippen molar-refractivity contribution in [3.63, 3.8) is 0 Å². The Morgan fingerprint density at radius 2 is 2.15 bits per heavy atom. The average Bonchev–Trinajstić information content (AvgIpc) is 2.92. The number of amides is 2. The Labute approximate surface area is 121 Å². The number of nitrogens with zero attached hydrogens (tertiary/aromatic N) is 1. The highest BCUT2D eigenvalue weighted by Crippen LogP contribution is 2.40. The molecule has 5 nitrogen and oxygen atoms in total. The van der Waals surface area contributed by atoms with Crippen LogP contribution in [0.3, 0.4) is 0 Å². The molecule has 20 heavy (non-hydrogen) atoms. The summed E-state index contributed by atoms with van der Waals surface area (Å²) < 4.78 is 5.21. The highest BCUT2D eigenvalue weighted by Gasteiger charge is 2.34. The van der Waals surface area contributed by atoms with Crippen LogP contribution in [-0.2, 0) is 4.74 Å². The molecule has 2 amide bonds. The van der Waals surface area contributed by atoms with E-state index < -0.39 is 0 Å². The Hall–Kier alpha value is -0.810. The lowest BCUT2D eigenvalue weighted by molar-refractivity contribution is 0.0817. The number of likely N-dealkylation sites (tertiary alicyclic amines) is 1. The summed E-state index contributed by atoms with van der Waals surface area (Å²) in [6, 6.07) is -0.0209. The van der Waals surface area contributed by atoms with Gasteiger partial charge in [0.25, 0.3) is 0 Å². The van der Waals surface area contributed by atoms with Crippen LogP contribution >= 0.6 is 0 Å². The van der Waals surface area contributed by atoms with Crippen molar-refractivity contribution in [2.45, 2.75) is 51.0 Å². The SMILES string of the molecule is COCCC1(CNC(=O)N2CCCC(O)C2)CCCC1. The fourth-order valence-electron chi connectivity index (χ4n) is 3.47. The zero-order valence-corrected chi connectivity index (χ0v) is 12.6. The van der Waals surface area contributed by atoms with Crippen molar-refractivity contribution in [3.8, 4) is 0 Å². The second kappa shape index (κ2) is 7.27. The van der Waals surface area contributed by atoms with Gasteiger partial charge in [0.1, 0.15) is 0 Å². The molecule has 2 N–H and O–H groups in total. The van der Waals surface area contributed by atoms with Crippen LogP contribution in [0.4, 0.5) is 4.79 Å². The van der Waals surface area contributed by atoms with Gasteiger partial charge in [-0.25, -0.2) is 4.79 Å². The first-order valence-electron chi connectivity index (χ1n) is 7.85. The van der Waals surface area contributed by atoms with Crippen molar-refractivity contribution >= 4 is 6.03 Å². The minimum absolute atomic E-state index is 0.0209. The van der Waals surface area contributed by atoms with E-state index in [1.807, 2.05) is 0 Å². The number of methoxy groups -OCH3 is 1. The maximum atomic E-state index is 12.2. The van der Waals surface area contributed by atoms with Gasteiger partial charge in [-0.3, -0.25) is 0 Å². The van der Waals surface area contributed by atoms with Gasteiger partial charge in [-0.15, -0.1) is 0 Å². The minimum Gasteiger partial charge on any atom is -0.391 e. The molecule has 116 valence electrons. The van der Waals surface area contributed by atoms with Crippen molar-refractivity contribution in [3.05, 3.63) is 0 Å². The summed E-state index contributed by atoms with van der Waals surface area (Å²) in [5.41, 5.74) is 0.222. The number of hydrogen-bond acceptors (Lipinski definition) is 3. The smallest absolute Gasteiger partial charge is 0.317 e. The summed E-state index contributed by atoms with van der Waals surface area (Å²) in [4.78, 5) is 13.9. The van der Waals surface area contributed by atoms with Gasteiger partial charge >= 0.3 is 6.03 Å². The number of piperidine rings is 1. The van der Waals surface area contributed by atoms with Crippen LogP contribution in [0.1, 0.15) is 44.9 Å². The van der Waals surface area contributed by atoms with Crippen LogP contribution in [0.15, 0.2) is 0 Å². The van der Waals surface area contributed by atoms with Crippen LogP contribution in [0.25, 0.3) is 0 Å². The highest BCUT2D eigenvalue weighted by atomic mass is 16.5. The van der Waals surface area contributed by atoms with Crippen molar-refractivity contribution in [1.29, 1.82) is 0 Å². The molecular weight excluding hydrogens is 256 g/mol. The number of β-amino-alcohol motifs (C(OH)–C–C–N with tert-alkyl or cyclic N) is 1. The lowest BCUT2D eigenvalue weighted by atomic mass is 9.83. The van der Waals surface area contributed by atoms with Crippen LogP contribution in [-0.4, -0.2) is 55.5 Å². The molecule has 1 atom stereocenters. The first-order valence-corrected chi connectivity index (χ1v) is 7.85. The number of nitrogens with one attached hydrogen (secondary N) is 1. The molecule has 0 aromatic carbocycles. The second-order valence-electron chi connectivity index (χ2n) is 6.35. The van der Waals surface area contributed by atoms with Crippen LogP contribution in [0, 0.1) is 5.41 Å². The zero-order chi connectivity index (χ0) is 14.4. The molecule has 1 saturated carbocycles. The summed E-state index contributed by atoms with van der Waals surface area (Å²) in [5, 5.41) is 12.7. The van der Waals surface area contributed by atoms with Gasteiger partial charge < -0.3 is 20.1 Å². The predicted octanol–water partition coefficient (Wildman–Crippen LogP) is 1.75. The van der Waals surface area contributed by atoms with Gasteiger partial charge in [0.15, 0.2) is 0 Å². The fraction of sp³-hybridized carbons (Fsp3) is 0.933. The van der Waals surface area contributed by atoms with Crippen molar-refractivity contribution in [1.82, 2.24) is 10.2 Å². The van der Waals surface area contributed by atoms with Gasteiger partial charge in [-0.2, -0.15) is 0 Å². The Bertz CT molecular complexity index is 316. The summed E-state index contributed by atoms with van der Waals surface area (Å²) >= 11 is 0. The Kier molecular flexibility index (Phi) is 5.66. The normalized spacial score (nSPS) is 25.7. The third-order valence-corrected chi connectivity index (χ3v) is 4.80. The molecule has 0 aromatic rings. The standard InChI is InChI=1S/C15H28N2O3/c1-20-10-8-15(6-2-3-7-15)12-16-14(19)17-9-4-5-13(18)11-17/h13,18H,2-12H2,1H3,(H,16,19). The van der Waals surface area contributed by atoms with E-state index in [0.717, 1.165) is 39.0 Å². The van der Waals surface area contributed by atoms with Gasteiger partial charge in [0.05, 0.1) is 6.10 Å². The highest BCUT2D eigenvalue weighted by molar-refractivity contribution is 5.74. The molecule has 1 unspecified atom stereocenters. The van der Waals surface area contributed by atoms with E-state index in [1.165, 1.54) is 25.7 Å². The van der Waals surface area contributed by atoms with Gasteiger partial charge in [0.2, 0.25) is 0 Å². The number of ether oxygens (including phenoxy) is 1. The first-order chi connectivity index (χ1) is 9.65.